The number of hydrogen-bond donors (Lipinski definition) is 4. The van der Waals surface area contributed by atoms with Crippen molar-refractivity contribution in [1.82, 2.24) is 30.6 Å². The number of likely N-dealkylation sites (tertiary alicyclic amines) is 1. The van der Waals surface area contributed by atoms with Crippen LogP contribution in [0.2, 0.25) is 0 Å². The SMILES string of the molecule is C=C[C@@H]1C[C@]1(NC(=O)[C@@H]1C[C@@H](Oc2cc(-c3ccccc3)nc3cc(OC)ccc23)CN1C(=O)[C@H](CNC(=O)[C@H](Cl)c1ccccc1)NC(=O)OC(C)(C)C)C(=O)NS(=O)(=O)c1ccccc1. The van der Waals surface area contributed by atoms with Gasteiger partial charge in [-0.3, -0.25) is 19.2 Å². The first-order valence-electron chi connectivity index (χ1n) is 21.5. The molecule has 1 saturated carbocycles. The van der Waals surface area contributed by atoms with Crippen LogP contribution in [0.5, 0.6) is 11.5 Å². The molecular formula is C49H51ClN6O10S. The Morgan fingerprint density at radius 1 is 0.940 bits per heavy atom. The number of benzene rings is 4. The second kappa shape index (κ2) is 19.9. The van der Waals surface area contributed by atoms with Gasteiger partial charge in [0.25, 0.3) is 15.9 Å². The Kier molecular flexibility index (Phi) is 14.2. The molecule has 5 amide bonds. The maximum atomic E-state index is 15.0. The Labute approximate surface area is 393 Å². The Morgan fingerprint density at radius 3 is 2.22 bits per heavy atom. The van der Waals surface area contributed by atoms with Crippen LogP contribution in [0.4, 0.5) is 4.79 Å². The minimum Gasteiger partial charge on any atom is -0.497 e. The average Bonchev–Trinajstić information content (AvgIpc) is 3.88. The van der Waals surface area contributed by atoms with E-state index in [1.165, 1.54) is 42.4 Å². The fourth-order valence-corrected chi connectivity index (χ4v) is 9.12. The number of methoxy groups -OCH3 is 1. The maximum Gasteiger partial charge on any atom is 0.408 e. The van der Waals surface area contributed by atoms with Crippen LogP contribution in [0.15, 0.2) is 133 Å². The van der Waals surface area contributed by atoms with Crippen LogP contribution < -0.4 is 30.1 Å². The number of nitrogens with one attached hydrogen (secondary N) is 4. The number of carbonyl (C=O) groups excluding carboxylic acids is 5. The number of halogens is 1. The van der Waals surface area contributed by atoms with E-state index in [9.17, 15) is 32.4 Å². The highest BCUT2D eigenvalue weighted by molar-refractivity contribution is 7.90. The van der Waals surface area contributed by atoms with Gasteiger partial charge in [0.05, 0.1) is 29.8 Å². The maximum absolute atomic E-state index is 15.0. The van der Waals surface area contributed by atoms with E-state index in [4.69, 9.17) is 30.8 Å². The standard InChI is InChI=1S/C49H51ClN6O10S/c1-6-32-27-49(32,46(60)55-67(62,63)35-20-14-9-15-21-35)54-43(57)40-25-34(65-41-26-37(30-16-10-7-11-17-30)52-38-24-33(64-5)22-23-36(38)41)29-56(40)45(59)39(53-47(61)66-48(2,3)4)28-51-44(58)42(50)31-18-12-8-13-19-31/h6-24,26,32,34,39-40,42H,1,25,27-29H2,2-5H3,(H,51,58)(H,53,61)(H,54,57)(H,55,60)/t32-,34-,39+,40+,42-,49-/m1/s1. The van der Waals surface area contributed by atoms with Gasteiger partial charge in [0.15, 0.2) is 0 Å². The van der Waals surface area contributed by atoms with Gasteiger partial charge < -0.3 is 35.1 Å². The van der Waals surface area contributed by atoms with Crippen molar-refractivity contribution < 1.29 is 46.6 Å². The highest BCUT2D eigenvalue weighted by atomic mass is 35.5. The molecule has 1 aliphatic heterocycles. The Balaban J connectivity index is 1.23. The van der Waals surface area contributed by atoms with Crippen molar-refractivity contribution in [3.63, 3.8) is 0 Å². The van der Waals surface area contributed by atoms with E-state index in [0.29, 0.717) is 33.7 Å². The van der Waals surface area contributed by atoms with E-state index in [2.05, 4.69) is 27.3 Å². The number of rotatable bonds is 16. The summed E-state index contributed by atoms with van der Waals surface area (Å²) in [6.45, 7) is 8.02. The number of alkyl halides is 1. The Bertz CT molecular complexity index is 2780. The summed E-state index contributed by atoms with van der Waals surface area (Å²) < 4.78 is 46.4. The number of ether oxygens (including phenoxy) is 3. The van der Waals surface area contributed by atoms with Crippen LogP contribution in [0.25, 0.3) is 22.2 Å². The van der Waals surface area contributed by atoms with Gasteiger partial charge in [-0.15, -0.1) is 18.2 Å². The quantitative estimate of drug-likeness (QED) is 0.0685. The molecule has 5 aromatic rings. The molecule has 4 N–H and O–H groups in total. The third-order valence-electron chi connectivity index (χ3n) is 11.3. The van der Waals surface area contributed by atoms with Crippen LogP contribution in [0.1, 0.15) is 44.6 Å². The Hall–Kier alpha value is -6.98. The summed E-state index contributed by atoms with van der Waals surface area (Å²) in [7, 11) is -2.82. The first-order chi connectivity index (χ1) is 31.9. The molecule has 4 aromatic carbocycles. The molecule has 2 heterocycles. The predicted octanol–water partition coefficient (Wildman–Crippen LogP) is 5.81. The molecule has 6 atom stereocenters. The molecule has 2 fully saturated rings. The molecule has 1 aromatic heterocycles. The van der Waals surface area contributed by atoms with Crippen LogP contribution in [0.3, 0.4) is 0 Å². The van der Waals surface area contributed by atoms with E-state index < -0.39 is 86.9 Å². The van der Waals surface area contributed by atoms with Gasteiger partial charge >= 0.3 is 6.09 Å². The fraction of sp³-hybridized carbons (Fsp3) is 0.306. The zero-order chi connectivity index (χ0) is 48.1. The second-order valence-electron chi connectivity index (χ2n) is 17.2. The molecule has 0 bridgehead atoms. The average molecular weight is 951 g/mol. The normalized spacial score (nSPS) is 19.8. The summed E-state index contributed by atoms with van der Waals surface area (Å²) in [6.07, 6.45) is -0.525. The lowest BCUT2D eigenvalue weighted by molar-refractivity contribution is -0.141. The molecule has 0 spiro atoms. The summed E-state index contributed by atoms with van der Waals surface area (Å²) in [4.78, 5) is 76.2. The summed E-state index contributed by atoms with van der Waals surface area (Å²) in [5, 5.41) is 7.43. The number of aromatic nitrogens is 1. The molecule has 18 heteroatoms. The first-order valence-corrected chi connectivity index (χ1v) is 23.4. The van der Waals surface area contributed by atoms with Crippen molar-refractivity contribution in [2.75, 3.05) is 20.2 Å². The lowest BCUT2D eigenvalue weighted by Gasteiger charge is -2.30. The monoisotopic (exact) mass is 950 g/mol. The third kappa shape index (κ3) is 11.2. The molecule has 0 unspecified atom stereocenters. The van der Waals surface area contributed by atoms with Crippen molar-refractivity contribution in [2.24, 2.45) is 5.92 Å². The lowest BCUT2D eigenvalue weighted by Crippen LogP contribution is -2.59. The summed E-state index contributed by atoms with van der Waals surface area (Å²) >= 11 is 6.52. The van der Waals surface area contributed by atoms with E-state index in [-0.39, 0.29) is 24.3 Å². The predicted molar refractivity (Wildman–Crippen MR) is 250 cm³/mol. The van der Waals surface area contributed by atoms with Crippen LogP contribution in [-0.4, -0.2) is 97.6 Å². The number of carbonyl (C=O) groups is 5. The van der Waals surface area contributed by atoms with Crippen LogP contribution in [0, 0.1) is 5.92 Å². The number of nitrogens with zero attached hydrogens (tertiary/aromatic N) is 2. The Morgan fingerprint density at radius 2 is 1.60 bits per heavy atom. The number of sulfonamides is 1. The molecule has 0 radical (unpaired) electrons. The van der Waals surface area contributed by atoms with Gasteiger partial charge in [0, 0.05) is 42.0 Å². The second-order valence-corrected chi connectivity index (χ2v) is 19.3. The molecule has 1 saturated heterocycles. The smallest absolute Gasteiger partial charge is 0.408 e. The molecule has 350 valence electrons. The number of fused-ring (bicyclic) bond motifs is 1. The number of hydrogen-bond acceptors (Lipinski definition) is 11. The largest absolute Gasteiger partial charge is 0.497 e. The van der Waals surface area contributed by atoms with E-state index in [1.807, 2.05) is 30.3 Å². The van der Waals surface area contributed by atoms with Crippen LogP contribution >= 0.6 is 11.6 Å². The number of pyridine rings is 1. The number of amides is 5. The topological polar surface area (TPSA) is 211 Å². The van der Waals surface area contributed by atoms with Gasteiger partial charge in [-0.2, -0.15) is 0 Å². The summed E-state index contributed by atoms with van der Waals surface area (Å²) in [5.41, 5.74) is -0.315. The van der Waals surface area contributed by atoms with E-state index in [1.54, 1.807) is 81.4 Å². The van der Waals surface area contributed by atoms with Crippen molar-refractivity contribution in [3.8, 4) is 22.8 Å². The minimum atomic E-state index is -4.35. The van der Waals surface area contributed by atoms with Crippen LogP contribution in [-0.2, 0) is 33.9 Å². The van der Waals surface area contributed by atoms with Gasteiger partial charge in [-0.05, 0) is 57.0 Å². The zero-order valence-corrected chi connectivity index (χ0v) is 38.8. The molecular weight excluding hydrogens is 900 g/mol. The van der Waals surface area contributed by atoms with Gasteiger partial charge in [-0.1, -0.05) is 84.9 Å². The fourth-order valence-electron chi connectivity index (χ4n) is 7.84. The van der Waals surface area contributed by atoms with Crippen molar-refractivity contribution in [3.05, 3.63) is 133 Å². The van der Waals surface area contributed by atoms with Crippen molar-refractivity contribution >= 4 is 62.2 Å². The lowest BCUT2D eigenvalue weighted by atomic mass is 10.1. The first kappa shape index (κ1) is 48.0. The van der Waals surface area contributed by atoms with E-state index in [0.717, 1.165) is 5.56 Å². The zero-order valence-electron chi connectivity index (χ0n) is 37.2. The molecule has 7 rings (SSSR count). The molecule has 2 aliphatic rings. The third-order valence-corrected chi connectivity index (χ3v) is 13.1. The summed E-state index contributed by atoms with van der Waals surface area (Å²) in [6, 6.07) is 29.4. The highest BCUT2D eigenvalue weighted by Gasteiger charge is 2.61. The van der Waals surface area contributed by atoms with Gasteiger partial charge in [0.2, 0.25) is 17.7 Å². The van der Waals surface area contributed by atoms with Crippen molar-refractivity contribution in [1.29, 1.82) is 0 Å². The van der Waals surface area contributed by atoms with E-state index >= 15 is 0 Å². The number of alkyl carbamates (subject to hydrolysis) is 1. The summed E-state index contributed by atoms with van der Waals surface area (Å²) in [5.74, 6) is -3.00. The van der Waals surface area contributed by atoms with Gasteiger partial charge in [-0.25, -0.2) is 22.9 Å². The minimum absolute atomic E-state index is 0.0174. The van der Waals surface area contributed by atoms with Crippen molar-refractivity contribution in [2.45, 2.75) is 73.2 Å². The molecule has 67 heavy (non-hydrogen) atoms. The van der Waals surface area contributed by atoms with Gasteiger partial charge in [0.1, 0.15) is 46.2 Å². The highest BCUT2D eigenvalue weighted by Crippen LogP contribution is 2.45. The molecule has 1 aliphatic carbocycles. The molecule has 16 nitrogen and oxygen atoms in total.